The van der Waals surface area contributed by atoms with E-state index in [9.17, 15) is 14.4 Å². The molecule has 1 aromatic heterocycles. The fourth-order valence-electron chi connectivity index (χ4n) is 7.03. The van der Waals surface area contributed by atoms with E-state index >= 15 is 0 Å². The SMILES string of the molecule is CCC[C@@]12C[C@H]1CCCCCc1nc3ccc(OC)cc3nc1O[C@H]1CN(C(=O)[C@H](C(C)(C)C)CC(=O)O2)[C@H](C=O)[C@@H]1C. The standard InChI is InChI=1S/C34H47N3O6/c1-7-15-34-18-22(34)11-9-8-10-12-26-31(36-27-16-23(41-6)13-14-25(27)35-26)42-29-19-37(28(20-38)21(29)2)32(40)24(33(3,4)5)17-30(39)43-34/h13-14,16,20-22,24,28-29H,7-12,15,17-19H2,1-6H3/t21-,22+,24+,28+,29-,34+/m0/s1. The highest BCUT2D eigenvalue weighted by molar-refractivity contribution is 5.87. The number of carbonyl (C=O) groups excluding carboxylic acids is 3. The van der Waals surface area contributed by atoms with Crippen LogP contribution in [0.4, 0.5) is 0 Å². The molecular formula is C34H47N3O6. The Morgan fingerprint density at radius 1 is 1.14 bits per heavy atom. The fourth-order valence-corrected chi connectivity index (χ4v) is 7.03. The van der Waals surface area contributed by atoms with Crippen LogP contribution in [-0.4, -0.2) is 64.4 Å². The number of hydrogen-bond donors (Lipinski definition) is 0. The number of amides is 1. The Balaban J connectivity index is 1.50. The van der Waals surface area contributed by atoms with Crippen LogP contribution in [0.5, 0.6) is 11.6 Å². The maximum atomic E-state index is 14.2. The van der Waals surface area contributed by atoms with Crippen molar-refractivity contribution in [1.29, 1.82) is 0 Å². The fraction of sp³-hybridized carbons (Fsp3) is 0.676. The van der Waals surface area contributed by atoms with Gasteiger partial charge in [-0.15, -0.1) is 0 Å². The van der Waals surface area contributed by atoms with E-state index in [1.165, 1.54) is 0 Å². The molecule has 2 aliphatic heterocycles. The molecule has 0 spiro atoms. The van der Waals surface area contributed by atoms with Crippen LogP contribution in [0.2, 0.25) is 0 Å². The second kappa shape index (κ2) is 12.4. The second-order valence-electron chi connectivity index (χ2n) is 13.9. The Morgan fingerprint density at radius 2 is 1.93 bits per heavy atom. The van der Waals surface area contributed by atoms with Gasteiger partial charge >= 0.3 is 5.97 Å². The van der Waals surface area contributed by atoms with Gasteiger partial charge in [-0.2, -0.15) is 0 Å². The number of aryl methyl sites for hydroxylation is 1. The van der Waals surface area contributed by atoms with Gasteiger partial charge in [0, 0.05) is 17.9 Å². The summed E-state index contributed by atoms with van der Waals surface area (Å²) < 4.78 is 18.2. The summed E-state index contributed by atoms with van der Waals surface area (Å²) in [6, 6.07) is 4.95. The highest BCUT2D eigenvalue weighted by Gasteiger charge is 2.56. The summed E-state index contributed by atoms with van der Waals surface area (Å²) in [5.74, 6) is 0.0378. The first-order valence-corrected chi connectivity index (χ1v) is 16.0. The highest BCUT2D eigenvalue weighted by atomic mass is 16.6. The maximum absolute atomic E-state index is 14.2. The number of carbonyl (C=O) groups is 3. The molecule has 2 bridgehead atoms. The summed E-state index contributed by atoms with van der Waals surface area (Å²) in [4.78, 5) is 51.4. The molecule has 1 amide bonds. The first-order chi connectivity index (χ1) is 20.5. The molecule has 3 aliphatic rings. The van der Waals surface area contributed by atoms with Crippen LogP contribution in [0.25, 0.3) is 11.0 Å². The molecule has 234 valence electrons. The minimum Gasteiger partial charge on any atom is -0.497 e. The van der Waals surface area contributed by atoms with E-state index in [4.69, 9.17) is 24.2 Å². The van der Waals surface area contributed by atoms with Crippen LogP contribution >= 0.6 is 0 Å². The van der Waals surface area contributed by atoms with Gasteiger partial charge in [-0.1, -0.05) is 53.9 Å². The summed E-state index contributed by atoms with van der Waals surface area (Å²) in [5, 5.41) is 0. The van der Waals surface area contributed by atoms with Crippen LogP contribution < -0.4 is 9.47 Å². The van der Waals surface area contributed by atoms with Gasteiger partial charge in [-0.3, -0.25) is 9.59 Å². The Hall–Kier alpha value is -3.23. The molecule has 43 heavy (non-hydrogen) atoms. The molecule has 2 fully saturated rings. The quantitative estimate of drug-likeness (QED) is 0.328. The van der Waals surface area contributed by atoms with Crippen LogP contribution in [-0.2, 0) is 25.5 Å². The average molecular weight is 594 g/mol. The molecule has 5 rings (SSSR count). The van der Waals surface area contributed by atoms with Crippen molar-refractivity contribution in [2.75, 3.05) is 13.7 Å². The van der Waals surface area contributed by atoms with E-state index in [0.29, 0.717) is 29.5 Å². The Labute approximate surface area is 255 Å². The third-order valence-electron chi connectivity index (χ3n) is 9.80. The third-order valence-corrected chi connectivity index (χ3v) is 9.80. The lowest BCUT2D eigenvalue weighted by molar-refractivity contribution is -0.159. The second-order valence-corrected chi connectivity index (χ2v) is 13.9. The van der Waals surface area contributed by atoms with E-state index in [2.05, 4.69) is 6.92 Å². The van der Waals surface area contributed by atoms with Gasteiger partial charge < -0.3 is 23.9 Å². The summed E-state index contributed by atoms with van der Waals surface area (Å²) in [7, 11) is 1.61. The lowest BCUT2D eigenvalue weighted by Crippen LogP contribution is -2.46. The van der Waals surface area contributed by atoms with Crippen molar-refractivity contribution >= 4 is 29.2 Å². The van der Waals surface area contributed by atoms with Crippen molar-refractivity contribution < 1.29 is 28.6 Å². The molecule has 0 unspecified atom stereocenters. The summed E-state index contributed by atoms with van der Waals surface area (Å²) in [6.45, 7) is 10.2. The van der Waals surface area contributed by atoms with E-state index in [1.807, 2.05) is 45.9 Å². The molecule has 3 heterocycles. The van der Waals surface area contributed by atoms with Crippen LogP contribution in [0.15, 0.2) is 18.2 Å². The first kappa shape index (κ1) is 31.2. The zero-order valence-corrected chi connectivity index (χ0v) is 26.6. The lowest BCUT2D eigenvalue weighted by atomic mass is 9.77. The number of esters is 1. The maximum Gasteiger partial charge on any atom is 0.307 e. The van der Waals surface area contributed by atoms with Gasteiger partial charge in [0.05, 0.1) is 43.1 Å². The zero-order chi connectivity index (χ0) is 30.9. The molecular weight excluding hydrogens is 546 g/mol. The van der Waals surface area contributed by atoms with Crippen molar-refractivity contribution in [3.63, 3.8) is 0 Å². The number of fused-ring (bicyclic) bond motifs is 5. The predicted molar refractivity (Wildman–Crippen MR) is 163 cm³/mol. The van der Waals surface area contributed by atoms with Crippen molar-refractivity contribution in [2.45, 2.75) is 110 Å². The molecule has 0 radical (unpaired) electrons. The van der Waals surface area contributed by atoms with Crippen molar-refractivity contribution in [3.05, 3.63) is 23.9 Å². The number of aromatic nitrogens is 2. The van der Waals surface area contributed by atoms with Crippen molar-refractivity contribution in [1.82, 2.24) is 14.9 Å². The number of rotatable bonds is 4. The van der Waals surface area contributed by atoms with Crippen molar-refractivity contribution in [2.24, 2.45) is 23.2 Å². The Morgan fingerprint density at radius 3 is 2.63 bits per heavy atom. The molecule has 1 saturated heterocycles. The molecule has 6 atom stereocenters. The normalized spacial score (nSPS) is 30.4. The monoisotopic (exact) mass is 593 g/mol. The minimum atomic E-state index is -0.670. The number of ether oxygens (including phenoxy) is 3. The largest absolute Gasteiger partial charge is 0.497 e. The Kier molecular flexibility index (Phi) is 9.00. The number of hydrogen-bond acceptors (Lipinski definition) is 8. The van der Waals surface area contributed by atoms with Crippen LogP contribution in [0.3, 0.4) is 0 Å². The number of methoxy groups -OCH3 is 1. The summed E-state index contributed by atoms with van der Waals surface area (Å²) in [6.07, 6.45) is 7.74. The summed E-state index contributed by atoms with van der Waals surface area (Å²) in [5.41, 5.74) is 1.30. The van der Waals surface area contributed by atoms with Gasteiger partial charge in [0.25, 0.3) is 0 Å². The van der Waals surface area contributed by atoms with Gasteiger partial charge in [0.2, 0.25) is 11.8 Å². The molecule has 1 saturated carbocycles. The van der Waals surface area contributed by atoms with Gasteiger partial charge in [0.15, 0.2) is 0 Å². The zero-order valence-electron chi connectivity index (χ0n) is 26.6. The third kappa shape index (κ3) is 6.50. The minimum absolute atomic E-state index is 0.00929. The first-order valence-electron chi connectivity index (χ1n) is 16.0. The topological polar surface area (TPSA) is 108 Å². The summed E-state index contributed by atoms with van der Waals surface area (Å²) >= 11 is 0. The van der Waals surface area contributed by atoms with Crippen LogP contribution in [0, 0.1) is 23.2 Å². The average Bonchev–Trinajstić information content (AvgIpc) is 3.53. The number of aldehydes is 1. The Bertz CT molecular complexity index is 1360. The van der Waals surface area contributed by atoms with Gasteiger partial charge in [-0.25, -0.2) is 9.97 Å². The number of nitrogens with zero attached hydrogens (tertiary/aromatic N) is 3. The molecule has 9 nitrogen and oxygen atoms in total. The van der Waals surface area contributed by atoms with Gasteiger partial charge in [0.1, 0.15) is 29.4 Å². The van der Waals surface area contributed by atoms with E-state index in [0.717, 1.165) is 62.4 Å². The number of benzene rings is 1. The van der Waals surface area contributed by atoms with Crippen molar-refractivity contribution in [3.8, 4) is 11.6 Å². The van der Waals surface area contributed by atoms with E-state index in [-0.39, 0.29) is 30.8 Å². The smallest absolute Gasteiger partial charge is 0.307 e. The van der Waals surface area contributed by atoms with Gasteiger partial charge in [-0.05, 0) is 49.7 Å². The molecule has 0 N–H and O–H groups in total. The molecule has 1 aromatic carbocycles. The lowest BCUT2D eigenvalue weighted by Gasteiger charge is -2.34. The molecule has 9 heteroatoms. The molecule has 1 aliphatic carbocycles. The predicted octanol–water partition coefficient (Wildman–Crippen LogP) is 5.70. The highest BCUT2D eigenvalue weighted by Crippen LogP contribution is 2.53. The van der Waals surface area contributed by atoms with E-state index in [1.54, 1.807) is 12.0 Å². The molecule has 2 aromatic rings. The van der Waals surface area contributed by atoms with Crippen LogP contribution in [0.1, 0.15) is 91.7 Å². The van der Waals surface area contributed by atoms with E-state index < -0.39 is 29.1 Å².